The van der Waals surface area contributed by atoms with Crippen LogP contribution in [0.4, 0.5) is 8.78 Å². The minimum atomic E-state index is -1.04. The highest BCUT2D eigenvalue weighted by Gasteiger charge is 2.27. The lowest BCUT2D eigenvalue weighted by molar-refractivity contribution is 0.0399. The largest absolute Gasteiger partial charge is 0.388 e. The fraction of sp³-hybridized carbons (Fsp3) is 0.455. The summed E-state index contributed by atoms with van der Waals surface area (Å²) in [6.07, 6.45) is 0. The molecule has 0 heterocycles. The fourth-order valence-electron chi connectivity index (χ4n) is 1.62. The summed E-state index contributed by atoms with van der Waals surface area (Å²) in [6.45, 7) is 3.21. The quantitative estimate of drug-likeness (QED) is 0.808. The number of hydrogen-bond acceptors (Lipinski definition) is 2. The van der Waals surface area contributed by atoms with Crippen LogP contribution in [-0.4, -0.2) is 17.8 Å². The van der Waals surface area contributed by atoms with Gasteiger partial charge in [0.2, 0.25) is 0 Å². The molecule has 0 aromatic heterocycles. The van der Waals surface area contributed by atoms with Crippen molar-refractivity contribution in [2.24, 2.45) is 0 Å². The van der Waals surface area contributed by atoms with Crippen LogP contribution in [0, 0.1) is 11.6 Å². The number of benzene rings is 1. The molecule has 84 valence electrons. The van der Waals surface area contributed by atoms with Gasteiger partial charge in [-0.3, -0.25) is 0 Å². The van der Waals surface area contributed by atoms with Crippen LogP contribution in [-0.2, 0) is 0 Å². The molecule has 0 fully saturated rings. The number of nitrogens with one attached hydrogen (secondary N) is 1. The third kappa shape index (κ3) is 2.73. The van der Waals surface area contributed by atoms with Gasteiger partial charge in [0.15, 0.2) is 11.6 Å². The van der Waals surface area contributed by atoms with Crippen LogP contribution in [0.25, 0.3) is 0 Å². The van der Waals surface area contributed by atoms with Gasteiger partial charge in [0.25, 0.3) is 0 Å². The molecular formula is C11H15F2NO. The summed E-state index contributed by atoms with van der Waals surface area (Å²) in [5, 5.41) is 12.7. The first-order valence-corrected chi connectivity index (χ1v) is 4.71. The minimum Gasteiger partial charge on any atom is -0.388 e. The van der Waals surface area contributed by atoms with E-state index in [-0.39, 0.29) is 0 Å². The Labute approximate surface area is 87.9 Å². The van der Waals surface area contributed by atoms with Gasteiger partial charge < -0.3 is 10.4 Å². The molecule has 4 heteroatoms. The summed E-state index contributed by atoms with van der Waals surface area (Å²) in [5.41, 5.74) is -0.525. The Balaban J connectivity index is 3.08. The molecule has 1 rings (SSSR count). The van der Waals surface area contributed by atoms with Crippen LogP contribution in [0.2, 0.25) is 0 Å². The summed E-state index contributed by atoms with van der Waals surface area (Å²) in [5.74, 6) is -1.79. The van der Waals surface area contributed by atoms with E-state index in [1.165, 1.54) is 6.07 Å². The molecule has 0 aliphatic heterocycles. The van der Waals surface area contributed by atoms with Crippen molar-refractivity contribution in [3.05, 3.63) is 35.4 Å². The Morgan fingerprint density at radius 1 is 1.27 bits per heavy atom. The van der Waals surface area contributed by atoms with Crippen molar-refractivity contribution in [1.29, 1.82) is 0 Å². The van der Waals surface area contributed by atoms with Gasteiger partial charge in [-0.1, -0.05) is 6.07 Å². The van der Waals surface area contributed by atoms with Crippen molar-refractivity contribution >= 4 is 0 Å². The number of hydrogen-bond donors (Lipinski definition) is 2. The van der Waals surface area contributed by atoms with Crippen LogP contribution < -0.4 is 5.32 Å². The highest BCUT2D eigenvalue weighted by atomic mass is 19.2. The van der Waals surface area contributed by atoms with Gasteiger partial charge in [0, 0.05) is 0 Å². The highest BCUT2D eigenvalue weighted by Crippen LogP contribution is 2.25. The molecule has 0 saturated carbocycles. The molecule has 0 saturated heterocycles. The molecule has 1 aromatic carbocycles. The monoisotopic (exact) mass is 215 g/mol. The molecular weight excluding hydrogens is 200 g/mol. The second-order valence-electron chi connectivity index (χ2n) is 4.05. The lowest BCUT2D eigenvalue weighted by Crippen LogP contribution is -2.37. The van der Waals surface area contributed by atoms with Crippen LogP contribution in [0.3, 0.4) is 0 Å². The van der Waals surface area contributed by atoms with E-state index >= 15 is 0 Å². The number of rotatable bonds is 3. The van der Waals surface area contributed by atoms with Crippen molar-refractivity contribution in [3.8, 4) is 0 Å². The zero-order chi connectivity index (χ0) is 11.6. The van der Waals surface area contributed by atoms with Gasteiger partial charge in [0.1, 0.15) is 0 Å². The average molecular weight is 215 g/mol. The molecule has 1 atom stereocenters. The molecule has 2 N–H and O–H groups in total. The van der Waals surface area contributed by atoms with E-state index in [9.17, 15) is 13.9 Å². The fourth-order valence-corrected chi connectivity index (χ4v) is 1.62. The van der Waals surface area contributed by atoms with E-state index < -0.39 is 23.3 Å². The van der Waals surface area contributed by atoms with Gasteiger partial charge in [-0.25, -0.2) is 8.78 Å². The predicted octanol–water partition coefficient (Wildman–Crippen LogP) is 2.00. The topological polar surface area (TPSA) is 32.3 Å². The summed E-state index contributed by atoms with van der Waals surface area (Å²) >= 11 is 0. The molecule has 0 bridgehead atoms. The highest BCUT2D eigenvalue weighted by molar-refractivity contribution is 5.23. The van der Waals surface area contributed by atoms with E-state index in [0.29, 0.717) is 5.56 Å². The number of aliphatic hydroxyl groups is 1. The molecule has 0 spiro atoms. The van der Waals surface area contributed by atoms with Crippen molar-refractivity contribution in [2.45, 2.75) is 25.5 Å². The summed E-state index contributed by atoms with van der Waals surface area (Å²) in [4.78, 5) is 0. The van der Waals surface area contributed by atoms with Crippen LogP contribution in [0.1, 0.15) is 25.5 Å². The standard InChI is InChI=1S/C11H15F2NO/c1-11(2,15)10(14-3)7-4-5-8(12)9(13)6-7/h4-6,10,14-15H,1-3H3. The van der Waals surface area contributed by atoms with Crippen molar-refractivity contribution in [3.63, 3.8) is 0 Å². The maximum absolute atomic E-state index is 13.0. The molecule has 0 aliphatic rings. The molecule has 15 heavy (non-hydrogen) atoms. The molecule has 0 aliphatic carbocycles. The Bertz CT molecular complexity index is 347. The van der Waals surface area contributed by atoms with Gasteiger partial charge >= 0.3 is 0 Å². The first-order chi connectivity index (χ1) is 6.86. The zero-order valence-electron chi connectivity index (χ0n) is 9.01. The smallest absolute Gasteiger partial charge is 0.159 e. The molecule has 1 aromatic rings. The number of halogens is 2. The van der Waals surface area contributed by atoms with E-state index in [0.717, 1.165) is 12.1 Å². The molecule has 0 amide bonds. The summed E-state index contributed by atoms with van der Waals surface area (Å²) in [6, 6.07) is 3.17. The van der Waals surface area contributed by atoms with Gasteiger partial charge in [-0.05, 0) is 38.6 Å². The van der Waals surface area contributed by atoms with Crippen molar-refractivity contribution in [2.75, 3.05) is 7.05 Å². The molecule has 1 unspecified atom stereocenters. The van der Waals surface area contributed by atoms with Gasteiger partial charge in [0.05, 0.1) is 11.6 Å². The van der Waals surface area contributed by atoms with Crippen molar-refractivity contribution < 1.29 is 13.9 Å². The Kier molecular flexibility index (Phi) is 3.42. The van der Waals surface area contributed by atoms with E-state index in [2.05, 4.69) is 5.32 Å². The lowest BCUT2D eigenvalue weighted by Gasteiger charge is -2.29. The first-order valence-electron chi connectivity index (χ1n) is 4.71. The van der Waals surface area contributed by atoms with Crippen molar-refractivity contribution in [1.82, 2.24) is 5.32 Å². The van der Waals surface area contributed by atoms with Crippen LogP contribution in [0.15, 0.2) is 18.2 Å². The predicted molar refractivity (Wildman–Crippen MR) is 54.5 cm³/mol. The van der Waals surface area contributed by atoms with E-state index in [1.54, 1.807) is 20.9 Å². The zero-order valence-corrected chi connectivity index (χ0v) is 9.01. The maximum atomic E-state index is 13.0. The molecule has 0 radical (unpaired) electrons. The van der Waals surface area contributed by atoms with E-state index in [4.69, 9.17) is 0 Å². The Hall–Kier alpha value is -1.00. The summed E-state index contributed by atoms with van der Waals surface area (Å²) in [7, 11) is 1.66. The lowest BCUT2D eigenvalue weighted by atomic mass is 9.92. The molecule has 2 nitrogen and oxygen atoms in total. The SMILES string of the molecule is CNC(c1ccc(F)c(F)c1)C(C)(C)O. The maximum Gasteiger partial charge on any atom is 0.159 e. The average Bonchev–Trinajstić information content (AvgIpc) is 2.10. The Morgan fingerprint density at radius 2 is 1.87 bits per heavy atom. The summed E-state index contributed by atoms with van der Waals surface area (Å²) < 4.78 is 25.7. The first kappa shape index (κ1) is 12.1. The Morgan fingerprint density at radius 3 is 2.27 bits per heavy atom. The minimum absolute atomic E-state index is 0.437. The third-order valence-electron chi connectivity index (χ3n) is 2.27. The van der Waals surface area contributed by atoms with Gasteiger partial charge in [-0.15, -0.1) is 0 Å². The van der Waals surface area contributed by atoms with Crippen LogP contribution in [0.5, 0.6) is 0 Å². The number of likely N-dealkylation sites (N-methyl/N-ethyl adjacent to an activating group) is 1. The van der Waals surface area contributed by atoms with E-state index in [1.807, 2.05) is 0 Å². The third-order valence-corrected chi connectivity index (χ3v) is 2.27. The normalized spacial score (nSPS) is 14.0. The second kappa shape index (κ2) is 4.24. The van der Waals surface area contributed by atoms with Crippen LogP contribution >= 0.6 is 0 Å². The second-order valence-corrected chi connectivity index (χ2v) is 4.05. The van der Waals surface area contributed by atoms with Gasteiger partial charge in [-0.2, -0.15) is 0 Å².